The van der Waals surface area contributed by atoms with E-state index in [0.29, 0.717) is 17.9 Å². The van der Waals surface area contributed by atoms with Crippen molar-refractivity contribution < 1.29 is 9.66 Å². The summed E-state index contributed by atoms with van der Waals surface area (Å²) in [7, 11) is 1.49. The molecule has 0 aliphatic heterocycles. The van der Waals surface area contributed by atoms with Gasteiger partial charge in [0.2, 0.25) is 0 Å². The van der Waals surface area contributed by atoms with Gasteiger partial charge in [-0.3, -0.25) is 10.1 Å². The normalized spacial score (nSPS) is 10.3. The van der Waals surface area contributed by atoms with Crippen LogP contribution in [0, 0.1) is 10.1 Å². The smallest absolute Gasteiger partial charge is 0.280 e. The van der Waals surface area contributed by atoms with Crippen molar-refractivity contribution in [1.82, 2.24) is 0 Å². The van der Waals surface area contributed by atoms with Crippen LogP contribution in [0.25, 0.3) is 11.1 Å². The first-order valence-electron chi connectivity index (χ1n) is 6.27. The fourth-order valence-electron chi connectivity index (χ4n) is 2.09. The van der Waals surface area contributed by atoms with E-state index >= 15 is 0 Å². The monoisotopic (exact) mass is 272 g/mol. The number of methoxy groups -OCH3 is 1. The average molecular weight is 272 g/mol. The number of hydrogen-bond acceptors (Lipinski definition) is 4. The quantitative estimate of drug-likeness (QED) is 0.670. The predicted octanol–water partition coefficient (Wildman–Crippen LogP) is 2.77. The number of nitrogens with zero attached hydrogens (tertiary/aromatic N) is 1. The Morgan fingerprint density at radius 2 is 2.05 bits per heavy atom. The maximum Gasteiger partial charge on any atom is 0.280 e. The highest BCUT2D eigenvalue weighted by Crippen LogP contribution is 2.33. The highest BCUT2D eigenvalue weighted by atomic mass is 16.6. The van der Waals surface area contributed by atoms with Gasteiger partial charge in [-0.1, -0.05) is 24.3 Å². The minimum atomic E-state index is -0.395. The molecular formula is C15H16N2O3. The van der Waals surface area contributed by atoms with Gasteiger partial charge in [-0.2, -0.15) is 0 Å². The van der Waals surface area contributed by atoms with E-state index in [4.69, 9.17) is 10.5 Å². The third-order valence-corrected chi connectivity index (χ3v) is 3.07. The zero-order valence-electron chi connectivity index (χ0n) is 11.2. The average Bonchev–Trinajstić information content (AvgIpc) is 2.47. The molecule has 0 fully saturated rings. The van der Waals surface area contributed by atoms with Crippen LogP contribution in [0.15, 0.2) is 42.5 Å². The van der Waals surface area contributed by atoms with E-state index < -0.39 is 4.92 Å². The molecule has 2 rings (SSSR count). The van der Waals surface area contributed by atoms with Crippen molar-refractivity contribution in [2.24, 2.45) is 5.73 Å². The maximum atomic E-state index is 11.2. The molecule has 0 saturated heterocycles. The Balaban J connectivity index is 2.51. The van der Waals surface area contributed by atoms with E-state index in [-0.39, 0.29) is 5.69 Å². The number of benzene rings is 2. The second-order valence-corrected chi connectivity index (χ2v) is 4.38. The Morgan fingerprint density at radius 3 is 2.70 bits per heavy atom. The van der Waals surface area contributed by atoms with Crippen molar-refractivity contribution in [3.8, 4) is 16.9 Å². The van der Waals surface area contributed by atoms with Gasteiger partial charge in [-0.15, -0.1) is 0 Å². The largest absolute Gasteiger partial charge is 0.497 e. The second-order valence-electron chi connectivity index (χ2n) is 4.38. The summed E-state index contributed by atoms with van der Waals surface area (Å²) in [6.07, 6.45) is 0.748. The molecule has 20 heavy (non-hydrogen) atoms. The fourth-order valence-corrected chi connectivity index (χ4v) is 2.09. The van der Waals surface area contributed by atoms with Gasteiger partial charge in [0, 0.05) is 0 Å². The Kier molecular flexibility index (Phi) is 4.32. The van der Waals surface area contributed by atoms with Crippen LogP contribution >= 0.6 is 0 Å². The third kappa shape index (κ3) is 2.95. The first-order chi connectivity index (χ1) is 9.65. The van der Waals surface area contributed by atoms with Crippen LogP contribution in [0.1, 0.15) is 5.56 Å². The van der Waals surface area contributed by atoms with Crippen LogP contribution in [-0.2, 0) is 6.42 Å². The summed E-state index contributed by atoms with van der Waals surface area (Å²) < 4.78 is 5.04. The number of nitrogens with two attached hydrogens (primary N) is 1. The molecule has 104 valence electrons. The molecule has 0 aromatic heterocycles. The van der Waals surface area contributed by atoms with Gasteiger partial charge in [-0.05, 0) is 36.2 Å². The second kappa shape index (κ2) is 6.16. The van der Waals surface area contributed by atoms with Crippen LogP contribution in [0.2, 0.25) is 0 Å². The first-order valence-corrected chi connectivity index (χ1v) is 6.27. The highest BCUT2D eigenvalue weighted by Gasteiger charge is 2.16. The van der Waals surface area contributed by atoms with Gasteiger partial charge in [-0.25, -0.2) is 0 Å². The summed E-state index contributed by atoms with van der Waals surface area (Å²) >= 11 is 0. The molecular weight excluding hydrogens is 256 g/mol. The summed E-state index contributed by atoms with van der Waals surface area (Å²) in [5.74, 6) is 0.471. The van der Waals surface area contributed by atoms with E-state index in [2.05, 4.69) is 0 Å². The first kappa shape index (κ1) is 14.0. The molecule has 2 aromatic carbocycles. The molecule has 0 aliphatic carbocycles. The van der Waals surface area contributed by atoms with E-state index in [1.165, 1.54) is 13.2 Å². The Labute approximate surface area is 117 Å². The van der Waals surface area contributed by atoms with Crippen molar-refractivity contribution in [1.29, 1.82) is 0 Å². The lowest BCUT2D eigenvalue weighted by Crippen LogP contribution is -2.02. The van der Waals surface area contributed by atoms with Gasteiger partial charge >= 0.3 is 0 Å². The van der Waals surface area contributed by atoms with E-state index in [1.54, 1.807) is 12.1 Å². The summed E-state index contributed by atoms with van der Waals surface area (Å²) in [5.41, 5.74) is 8.03. The van der Waals surface area contributed by atoms with Crippen LogP contribution in [0.4, 0.5) is 5.69 Å². The molecule has 0 heterocycles. The van der Waals surface area contributed by atoms with Crippen LogP contribution in [0.3, 0.4) is 0 Å². The minimum absolute atomic E-state index is 0.0363. The minimum Gasteiger partial charge on any atom is -0.497 e. The van der Waals surface area contributed by atoms with E-state index in [1.807, 2.05) is 24.3 Å². The molecule has 5 heteroatoms. The molecule has 0 amide bonds. The van der Waals surface area contributed by atoms with Gasteiger partial charge < -0.3 is 10.5 Å². The fraction of sp³-hybridized carbons (Fsp3) is 0.200. The van der Waals surface area contributed by atoms with Crippen molar-refractivity contribution in [2.75, 3.05) is 13.7 Å². The van der Waals surface area contributed by atoms with Crippen LogP contribution in [-0.4, -0.2) is 18.6 Å². The molecule has 0 bridgehead atoms. The molecule has 0 unspecified atom stereocenters. The molecule has 5 nitrogen and oxygen atoms in total. The van der Waals surface area contributed by atoms with Crippen LogP contribution < -0.4 is 10.5 Å². The van der Waals surface area contributed by atoms with E-state index in [9.17, 15) is 10.1 Å². The van der Waals surface area contributed by atoms with Gasteiger partial charge in [0.15, 0.2) is 0 Å². The highest BCUT2D eigenvalue weighted by molar-refractivity contribution is 5.75. The number of rotatable bonds is 5. The lowest BCUT2D eigenvalue weighted by Gasteiger charge is -2.07. The van der Waals surface area contributed by atoms with Crippen molar-refractivity contribution >= 4 is 5.69 Å². The third-order valence-electron chi connectivity index (χ3n) is 3.07. The number of hydrogen-bond donors (Lipinski definition) is 1. The Hall–Kier alpha value is -2.40. The maximum absolute atomic E-state index is 11.2. The van der Waals surface area contributed by atoms with Crippen molar-refractivity contribution in [3.63, 3.8) is 0 Å². The summed E-state index contributed by atoms with van der Waals surface area (Å²) in [5, 5.41) is 11.2. The Morgan fingerprint density at radius 1 is 1.25 bits per heavy atom. The lowest BCUT2D eigenvalue weighted by molar-refractivity contribution is -0.384. The van der Waals surface area contributed by atoms with Gasteiger partial charge in [0.1, 0.15) is 5.75 Å². The van der Waals surface area contributed by atoms with Crippen molar-refractivity contribution in [2.45, 2.75) is 6.42 Å². The predicted molar refractivity (Wildman–Crippen MR) is 77.8 cm³/mol. The standard InChI is InChI=1S/C15H16N2O3/c1-20-13-5-6-14(15(10-13)17(18)19)12-4-2-3-11(9-12)7-8-16/h2-6,9-10H,7-8,16H2,1H3. The topological polar surface area (TPSA) is 78.4 Å². The van der Waals surface area contributed by atoms with E-state index in [0.717, 1.165) is 17.5 Å². The lowest BCUT2D eigenvalue weighted by atomic mass is 10.00. The molecule has 2 N–H and O–H groups in total. The Bertz CT molecular complexity index is 626. The summed E-state index contributed by atoms with van der Waals surface area (Å²) in [4.78, 5) is 10.8. The zero-order chi connectivity index (χ0) is 14.5. The number of nitro benzene ring substituents is 1. The SMILES string of the molecule is COc1ccc(-c2cccc(CCN)c2)c([N+](=O)[O-])c1. The van der Waals surface area contributed by atoms with Crippen molar-refractivity contribution in [3.05, 3.63) is 58.1 Å². The van der Waals surface area contributed by atoms with Gasteiger partial charge in [0.25, 0.3) is 5.69 Å². The molecule has 0 aliphatic rings. The molecule has 0 atom stereocenters. The molecule has 0 saturated carbocycles. The number of ether oxygens (including phenoxy) is 1. The van der Waals surface area contributed by atoms with Gasteiger partial charge in [0.05, 0.1) is 23.7 Å². The summed E-state index contributed by atoms with van der Waals surface area (Å²) in [6.45, 7) is 0.550. The zero-order valence-corrected chi connectivity index (χ0v) is 11.2. The molecule has 2 aromatic rings. The summed E-state index contributed by atoms with van der Waals surface area (Å²) in [6, 6.07) is 12.5. The molecule has 0 spiro atoms. The molecule has 0 radical (unpaired) electrons. The number of nitro groups is 1. The van der Waals surface area contributed by atoms with Crippen LogP contribution in [0.5, 0.6) is 5.75 Å².